The van der Waals surface area contributed by atoms with Crippen LogP contribution in [-0.2, 0) is 23.9 Å². The Morgan fingerprint density at radius 2 is 2.10 bits per heavy atom. The highest BCUT2D eigenvalue weighted by molar-refractivity contribution is 7.10. The SMILES string of the molecule is CCC(C)OC(=O)C1=C(C)NC2=C(C(=O)C(C(=O)OC)C(C)C2)C1c1cccs1. The molecule has 0 bridgehead atoms. The van der Waals surface area contributed by atoms with Crippen LogP contribution in [0.1, 0.15) is 51.3 Å². The molecule has 7 heteroatoms. The Kier molecular flexibility index (Phi) is 6.27. The van der Waals surface area contributed by atoms with Gasteiger partial charge >= 0.3 is 11.9 Å². The molecule has 6 nitrogen and oxygen atoms in total. The van der Waals surface area contributed by atoms with E-state index in [1.165, 1.54) is 18.4 Å². The van der Waals surface area contributed by atoms with E-state index in [9.17, 15) is 14.4 Å². The molecule has 0 aromatic carbocycles. The maximum absolute atomic E-state index is 13.5. The molecule has 0 amide bonds. The van der Waals surface area contributed by atoms with Crippen LogP contribution in [0, 0.1) is 11.8 Å². The summed E-state index contributed by atoms with van der Waals surface area (Å²) in [7, 11) is 1.29. The number of carbonyl (C=O) groups is 3. The van der Waals surface area contributed by atoms with Crippen LogP contribution < -0.4 is 5.32 Å². The summed E-state index contributed by atoms with van der Waals surface area (Å²) < 4.78 is 10.5. The number of esters is 2. The summed E-state index contributed by atoms with van der Waals surface area (Å²) in [5.41, 5.74) is 2.37. The summed E-state index contributed by atoms with van der Waals surface area (Å²) in [6.45, 7) is 7.49. The van der Waals surface area contributed by atoms with Gasteiger partial charge in [0.2, 0.25) is 0 Å². The number of hydrogen-bond donors (Lipinski definition) is 1. The normalized spacial score (nSPS) is 25.3. The Hall–Kier alpha value is -2.41. The molecule has 1 aliphatic carbocycles. The molecule has 1 aromatic rings. The highest BCUT2D eigenvalue weighted by Crippen LogP contribution is 2.46. The van der Waals surface area contributed by atoms with Crippen LogP contribution in [-0.4, -0.2) is 30.9 Å². The Morgan fingerprint density at radius 1 is 1.38 bits per heavy atom. The molecule has 1 N–H and O–H groups in total. The first-order valence-corrected chi connectivity index (χ1v) is 10.7. The van der Waals surface area contributed by atoms with Crippen LogP contribution in [0.5, 0.6) is 0 Å². The fourth-order valence-corrected chi connectivity index (χ4v) is 4.86. The lowest BCUT2D eigenvalue weighted by molar-refractivity contribution is -0.151. The zero-order valence-corrected chi connectivity index (χ0v) is 18.2. The molecule has 4 unspecified atom stereocenters. The molecule has 2 heterocycles. The third-order valence-electron chi connectivity index (χ3n) is 5.67. The number of ketones is 1. The largest absolute Gasteiger partial charge is 0.468 e. The van der Waals surface area contributed by atoms with Crippen molar-refractivity contribution in [2.24, 2.45) is 11.8 Å². The van der Waals surface area contributed by atoms with E-state index in [0.29, 0.717) is 29.7 Å². The number of nitrogens with one attached hydrogen (secondary N) is 1. The van der Waals surface area contributed by atoms with Gasteiger partial charge in [-0.25, -0.2) is 4.79 Å². The van der Waals surface area contributed by atoms with Gasteiger partial charge < -0.3 is 14.8 Å². The van der Waals surface area contributed by atoms with Crippen LogP contribution in [0.3, 0.4) is 0 Å². The second-order valence-corrected chi connectivity index (χ2v) is 8.65. The summed E-state index contributed by atoms with van der Waals surface area (Å²) in [5.74, 6) is -2.85. The van der Waals surface area contributed by atoms with E-state index >= 15 is 0 Å². The van der Waals surface area contributed by atoms with Gasteiger partial charge in [0.25, 0.3) is 0 Å². The average molecular weight is 418 g/mol. The Bertz CT molecular complexity index is 883. The van der Waals surface area contributed by atoms with Crippen LogP contribution in [0.25, 0.3) is 0 Å². The van der Waals surface area contributed by atoms with Crippen molar-refractivity contribution < 1.29 is 23.9 Å². The highest BCUT2D eigenvalue weighted by Gasteiger charge is 2.47. The van der Waals surface area contributed by atoms with Gasteiger partial charge in [0.1, 0.15) is 5.92 Å². The molecule has 3 rings (SSSR count). The van der Waals surface area contributed by atoms with Gasteiger partial charge in [0.05, 0.1) is 24.7 Å². The third-order valence-corrected chi connectivity index (χ3v) is 6.61. The van der Waals surface area contributed by atoms with Crippen molar-refractivity contribution in [3.05, 3.63) is 44.9 Å². The molecule has 4 atom stereocenters. The standard InChI is InChI=1S/C22H27NO5S/c1-6-12(3)28-22(26)17-13(4)23-14-10-11(2)16(21(25)27-5)20(24)18(14)19(17)15-8-7-9-29-15/h7-9,11-12,16,19,23H,6,10H2,1-5H3. The van der Waals surface area contributed by atoms with Crippen molar-refractivity contribution >= 4 is 29.1 Å². The number of dihydropyridines is 1. The van der Waals surface area contributed by atoms with Gasteiger partial charge in [-0.3, -0.25) is 9.59 Å². The van der Waals surface area contributed by atoms with E-state index in [1.54, 1.807) is 0 Å². The van der Waals surface area contributed by atoms with E-state index in [2.05, 4.69) is 5.32 Å². The topological polar surface area (TPSA) is 81.7 Å². The average Bonchev–Trinajstić information content (AvgIpc) is 3.20. The molecule has 29 heavy (non-hydrogen) atoms. The van der Waals surface area contributed by atoms with Gasteiger partial charge in [0, 0.05) is 21.8 Å². The summed E-state index contributed by atoms with van der Waals surface area (Å²) in [5, 5.41) is 5.18. The maximum Gasteiger partial charge on any atom is 0.337 e. The molecule has 0 saturated heterocycles. The fourth-order valence-electron chi connectivity index (χ4n) is 4.02. The minimum atomic E-state index is -0.867. The smallest absolute Gasteiger partial charge is 0.337 e. The predicted octanol–water partition coefficient (Wildman–Crippen LogP) is 3.70. The van der Waals surface area contributed by atoms with Crippen molar-refractivity contribution in [2.45, 2.75) is 52.6 Å². The molecule has 1 aromatic heterocycles. The third kappa shape index (κ3) is 3.88. The predicted molar refractivity (Wildman–Crippen MR) is 110 cm³/mol. The van der Waals surface area contributed by atoms with Crippen molar-refractivity contribution in [2.75, 3.05) is 7.11 Å². The van der Waals surface area contributed by atoms with E-state index < -0.39 is 23.8 Å². The van der Waals surface area contributed by atoms with Gasteiger partial charge in [-0.15, -0.1) is 11.3 Å². The molecule has 156 valence electrons. The summed E-state index contributed by atoms with van der Waals surface area (Å²) >= 11 is 1.48. The quantitative estimate of drug-likeness (QED) is 0.581. The molecule has 1 aliphatic heterocycles. The zero-order chi connectivity index (χ0) is 21.3. The molecule has 2 aliphatic rings. The van der Waals surface area contributed by atoms with Gasteiger partial charge in [0.15, 0.2) is 5.78 Å². The first kappa shape index (κ1) is 21.3. The Labute approximate surface area is 175 Å². The summed E-state index contributed by atoms with van der Waals surface area (Å²) in [6.07, 6.45) is 1.00. The van der Waals surface area contributed by atoms with E-state index in [4.69, 9.17) is 9.47 Å². The van der Waals surface area contributed by atoms with Crippen LogP contribution in [0.4, 0.5) is 0 Å². The van der Waals surface area contributed by atoms with Gasteiger partial charge in [-0.2, -0.15) is 0 Å². The van der Waals surface area contributed by atoms with Crippen LogP contribution in [0.2, 0.25) is 0 Å². The first-order valence-electron chi connectivity index (χ1n) is 9.87. The van der Waals surface area contributed by atoms with E-state index in [1.807, 2.05) is 45.2 Å². The number of thiophene rings is 1. The van der Waals surface area contributed by atoms with Crippen molar-refractivity contribution in [3.8, 4) is 0 Å². The molecule has 0 radical (unpaired) electrons. The fraction of sp³-hybridized carbons (Fsp3) is 0.500. The lowest BCUT2D eigenvalue weighted by atomic mass is 9.70. The number of ether oxygens (including phenoxy) is 2. The summed E-state index contributed by atoms with van der Waals surface area (Å²) in [4.78, 5) is 39.7. The second-order valence-electron chi connectivity index (χ2n) is 7.67. The van der Waals surface area contributed by atoms with Crippen LogP contribution in [0.15, 0.2) is 40.1 Å². The molecule has 0 saturated carbocycles. The minimum absolute atomic E-state index is 0.188. The number of hydrogen-bond acceptors (Lipinski definition) is 7. The highest BCUT2D eigenvalue weighted by atomic mass is 32.1. The number of allylic oxidation sites excluding steroid dienone is 3. The van der Waals surface area contributed by atoms with Crippen LogP contribution >= 0.6 is 11.3 Å². The monoisotopic (exact) mass is 417 g/mol. The lowest BCUT2D eigenvalue weighted by Gasteiger charge is -2.38. The number of methoxy groups -OCH3 is 1. The summed E-state index contributed by atoms with van der Waals surface area (Å²) in [6, 6.07) is 3.80. The van der Waals surface area contributed by atoms with Crippen molar-refractivity contribution in [1.29, 1.82) is 0 Å². The zero-order valence-electron chi connectivity index (χ0n) is 17.4. The van der Waals surface area contributed by atoms with Crippen molar-refractivity contribution in [3.63, 3.8) is 0 Å². The van der Waals surface area contributed by atoms with E-state index in [0.717, 1.165) is 10.6 Å². The van der Waals surface area contributed by atoms with E-state index in [-0.39, 0.29) is 17.8 Å². The Morgan fingerprint density at radius 3 is 2.69 bits per heavy atom. The molecule has 0 spiro atoms. The lowest BCUT2D eigenvalue weighted by Crippen LogP contribution is -2.43. The Balaban J connectivity index is 2.10. The molecule has 0 fully saturated rings. The first-order chi connectivity index (χ1) is 13.8. The van der Waals surface area contributed by atoms with Gasteiger partial charge in [-0.1, -0.05) is 19.9 Å². The van der Waals surface area contributed by atoms with Gasteiger partial charge in [-0.05, 0) is 44.1 Å². The minimum Gasteiger partial charge on any atom is -0.468 e. The molecular formula is C22H27NO5S. The second kappa shape index (κ2) is 8.53. The molecular weight excluding hydrogens is 390 g/mol. The number of Topliss-reactive ketones (excluding diaryl/α,β-unsaturated/α-hetero) is 1. The maximum atomic E-state index is 13.5. The van der Waals surface area contributed by atoms with Crippen molar-refractivity contribution in [1.82, 2.24) is 5.32 Å². The number of carbonyl (C=O) groups excluding carboxylic acids is 3. The number of rotatable bonds is 5.